The SMILES string of the molecule is FC(F)(F)c1cccc(C2(c3nc(-c4ccccn4)no3)CCOCC2)c1. The van der Waals surface area contributed by atoms with Gasteiger partial charge in [0.15, 0.2) is 0 Å². The van der Waals surface area contributed by atoms with Gasteiger partial charge in [-0.05, 0) is 36.6 Å². The number of benzene rings is 1. The molecule has 3 heterocycles. The zero-order chi connectivity index (χ0) is 18.9. The van der Waals surface area contributed by atoms with Crippen molar-refractivity contribution in [3.8, 4) is 11.5 Å². The number of halogens is 3. The number of rotatable bonds is 3. The van der Waals surface area contributed by atoms with E-state index >= 15 is 0 Å². The number of hydrogen-bond acceptors (Lipinski definition) is 5. The van der Waals surface area contributed by atoms with Crippen molar-refractivity contribution >= 4 is 0 Å². The van der Waals surface area contributed by atoms with Crippen LogP contribution >= 0.6 is 0 Å². The highest BCUT2D eigenvalue weighted by atomic mass is 19.4. The molecule has 2 aromatic heterocycles. The Morgan fingerprint density at radius 2 is 1.81 bits per heavy atom. The highest BCUT2D eigenvalue weighted by Gasteiger charge is 2.43. The molecular formula is C19H16F3N3O2. The first-order valence-electron chi connectivity index (χ1n) is 8.50. The molecule has 1 aliphatic heterocycles. The van der Waals surface area contributed by atoms with Crippen LogP contribution in [-0.4, -0.2) is 28.3 Å². The van der Waals surface area contributed by atoms with E-state index in [1.807, 2.05) is 0 Å². The van der Waals surface area contributed by atoms with Crippen molar-refractivity contribution in [2.75, 3.05) is 13.2 Å². The first-order chi connectivity index (χ1) is 13.0. The van der Waals surface area contributed by atoms with E-state index in [4.69, 9.17) is 9.26 Å². The minimum atomic E-state index is -4.42. The van der Waals surface area contributed by atoms with Crippen molar-refractivity contribution in [2.45, 2.75) is 24.4 Å². The topological polar surface area (TPSA) is 61.0 Å². The first kappa shape index (κ1) is 17.7. The predicted octanol–water partition coefficient (Wildman–Crippen LogP) is 4.25. The van der Waals surface area contributed by atoms with Crippen molar-refractivity contribution in [2.24, 2.45) is 0 Å². The number of hydrogen-bond donors (Lipinski definition) is 0. The van der Waals surface area contributed by atoms with Gasteiger partial charge < -0.3 is 9.26 Å². The monoisotopic (exact) mass is 375 g/mol. The summed E-state index contributed by atoms with van der Waals surface area (Å²) in [7, 11) is 0. The van der Waals surface area contributed by atoms with Gasteiger partial charge in [-0.25, -0.2) is 0 Å². The second-order valence-corrected chi connectivity index (χ2v) is 6.41. The van der Waals surface area contributed by atoms with E-state index in [1.54, 1.807) is 30.5 Å². The molecule has 3 aromatic rings. The molecule has 4 rings (SSSR count). The van der Waals surface area contributed by atoms with Crippen LogP contribution in [-0.2, 0) is 16.3 Å². The summed E-state index contributed by atoms with van der Waals surface area (Å²) in [6.07, 6.45) is -1.89. The summed E-state index contributed by atoms with van der Waals surface area (Å²) in [5, 5.41) is 3.99. The maximum absolute atomic E-state index is 13.2. The predicted molar refractivity (Wildman–Crippen MR) is 89.8 cm³/mol. The number of pyridine rings is 1. The third-order valence-electron chi connectivity index (χ3n) is 4.82. The summed E-state index contributed by atoms with van der Waals surface area (Å²) in [5.41, 5.74) is -0.481. The van der Waals surface area contributed by atoms with Crippen molar-refractivity contribution in [3.63, 3.8) is 0 Å². The molecule has 0 radical (unpaired) electrons. The molecule has 0 amide bonds. The molecule has 8 heteroatoms. The van der Waals surface area contributed by atoms with Gasteiger partial charge in [0.1, 0.15) is 5.69 Å². The van der Waals surface area contributed by atoms with Crippen LogP contribution in [0.25, 0.3) is 11.5 Å². The molecule has 1 saturated heterocycles. The Bertz CT molecular complexity index is 919. The van der Waals surface area contributed by atoms with E-state index in [-0.39, 0.29) is 5.89 Å². The highest BCUT2D eigenvalue weighted by Crippen LogP contribution is 2.42. The summed E-state index contributed by atoms with van der Waals surface area (Å²) >= 11 is 0. The average molecular weight is 375 g/mol. The zero-order valence-corrected chi connectivity index (χ0v) is 14.2. The van der Waals surface area contributed by atoms with Gasteiger partial charge in [-0.1, -0.05) is 29.4 Å². The van der Waals surface area contributed by atoms with Crippen LogP contribution in [0, 0.1) is 0 Å². The summed E-state index contributed by atoms with van der Waals surface area (Å²) < 4.78 is 50.5. The van der Waals surface area contributed by atoms with Crippen LogP contribution in [0.4, 0.5) is 13.2 Å². The fourth-order valence-corrected chi connectivity index (χ4v) is 3.36. The lowest BCUT2D eigenvalue weighted by Crippen LogP contribution is -2.35. The minimum Gasteiger partial charge on any atom is -0.381 e. The fourth-order valence-electron chi connectivity index (χ4n) is 3.36. The summed E-state index contributed by atoms with van der Waals surface area (Å²) in [4.78, 5) is 8.66. The van der Waals surface area contributed by atoms with E-state index in [2.05, 4.69) is 15.1 Å². The normalized spacial score (nSPS) is 17.0. The molecular weight excluding hydrogens is 359 g/mol. The van der Waals surface area contributed by atoms with Crippen LogP contribution in [0.15, 0.2) is 53.2 Å². The third-order valence-corrected chi connectivity index (χ3v) is 4.82. The van der Waals surface area contributed by atoms with Crippen LogP contribution < -0.4 is 0 Å². The van der Waals surface area contributed by atoms with E-state index in [0.717, 1.165) is 12.1 Å². The molecule has 27 heavy (non-hydrogen) atoms. The molecule has 0 saturated carbocycles. The summed E-state index contributed by atoms with van der Waals surface area (Å²) in [6.45, 7) is 0.801. The Morgan fingerprint density at radius 3 is 2.52 bits per heavy atom. The molecule has 1 fully saturated rings. The number of alkyl halides is 3. The second-order valence-electron chi connectivity index (χ2n) is 6.41. The number of aromatic nitrogens is 3. The van der Waals surface area contributed by atoms with Crippen LogP contribution in [0.5, 0.6) is 0 Å². The van der Waals surface area contributed by atoms with Gasteiger partial charge in [0.25, 0.3) is 0 Å². The maximum Gasteiger partial charge on any atom is 0.416 e. The molecule has 0 spiro atoms. The van der Waals surface area contributed by atoms with Gasteiger partial charge in [0.05, 0.1) is 11.0 Å². The van der Waals surface area contributed by atoms with Gasteiger partial charge in [0, 0.05) is 19.4 Å². The van der Waals surface area contributed by atoms with E-state index < -0.39 is 17.2 Å². The van der Waals surface area contributed by atoms with Crippen molar-refractivity contribution in [1.82, 2.24) is 15.1 Å². The molecule has 0 atom stereocenters. The van der Waals surface area contributed by atoms with Crippen LogP contribution in [0.3, 0.4) is 0 Å². The summed E-state index contributed by atoms with van der Waals surface area (Å²) in [5.74, 6) is 0.592. The van der Waals surface area contributed by atoms with Gasteiger partial charge in [0.2, 0.25) is 11.7 Å². The maximum atomic E-state index is 13.2. The Labute approximate surface area is 153 Å². The molecule has 1 aliphatic rings. The molecule has 0 unspecified atom stereocenters. The Kier molecular flexibility index (Phi) is 4.43. The smallest absolute Gasteiger partial charge is 0.381 e. The lowest BCUT2D eigenvalue weighted by atomic mass is 9.73. The molecule has 5 nitrogen and oxygen atoms in total. The zero-order valence-electron chi connectivity index (χ0n) is 14.2. The molecule has 0 N–H and O–H groups in total. The molecule has 0 bridgehead atoms. The quantitative estimate of drug-likeness (QED) is 0.685. The molecule has 0 aliphatic carbocycles. The van der Waals surface area contributed by atoms with Gasteiger partial charge in [-0.3, -0.25) is 4.98 Å². The average Bonchev–Trinajstić information content (AvgIpc) is 3.19. The van der Waals surface area contributed by atoms with E-state index in [1.165, 1.54) is 6.07 Å². The van der Waals surface area contributed by atoms with Crippen LogP contribution in [0.1, 0.15) is 29.9 Å². The van der Waals surface area contributed by atoms with Gasteiger partial charge in [-0.2, -0.15) is 18.2 Å². The van der Waals surface area contributed by atoms with Crippen molar-refractivity contribution in [1.29, 1.82) is 0 Å². The Morgan fingerprint density at radius 1 is 1.00 bits per heavy atom. The molecule has 1 aromatic carbocycles. The van der Waals surface area contributed by atoms with Crippen molar-refractivity contribution in [3.05, 3.63) is 65.7 Å². The fraction of sp³-hybridized carbons (Fsp3) is 0.316. The third kappa shape index (κ3) is 3.32. The highest BCUT2D eigenvalue weighted by molar-refractivity contribution is 5.48. The Hall–Kier alpha value is -2.74. The largest absolute Gasteiger partial charge is 0.416 e. The van der Waals surface area contributed by atoms with Crippen molar-refractivity contribution < 1.29 is 22.4 Å². The number of nitrogens with zero attached hydrogens (tertiary/aromatic N) is 3. The Balaban J connectivity index is 1.79. The summed E-state index contributed by atoms with van der Waals surface area (Å²) in [6, 6.07) is 10.6. The van der Waals surface area contributed by atoms with E-state index in [9.17, 15) is 13.2 Å². The first-order valence-corrected chi connectivity index (χ1v) is 8.50. The van der Waals surface area contributed by atoms with Crippen LogP contribution in [0.2, 0.25) is 0 Å². The van der Waals surface area contributed by atoms with E-state index in [0.29, 0.717) is 43.1 Å². The lowest BCUT2D eigenvalue weighted by Gasteiger charge is -2.34. The lowest BCUT2D eigenvalue weighted by molar-refractivity contribution is -0.137. The van der Waals surface area contributed by atoms with Gasteiger partial charge >= 0.3 is 6.18 Å². The number of ether oxygens (including phenoxy) is 1. The van der Waals surface area contributed by atoms with Gasteiger partial charge in [-0.15, -0.1) is 0 Å². The molecule has 140 valence electrons. The second kappa shape index (κ2) is 6.77. The minimum absolute atomic E-state index is 0.283. The standard InChI is InChI=1S/C19H16F3N3O2/c20-19(21,22)14-5-3-4-13(12-14)18(7-10-26-11-8-18)17-24-16(25-27-17)15-6-1-2-9-23-15/h1-6,9,12H,7-8,10-11H2.